The number of piperidine rings is 1. The summed E-state index contributed by atoms with van der Waals surface area (Å²) in [5, 5.41) is 3.91. The summed E-state index contributed by atoms with van der Waals surface area (Å²) < 4.78 is 14.8. The molecule has 0 bridgehead atoms. The number of rotatable bonds is 5. The smallest absolute Gasteiger partial charge is 0.240 e. The van der Waals surface area contributed by atoms with Crippen molar-refractivity contribution in [2.45, 2.75) is 32.4 Å². The van der Waals surface area contributed by atoms with Crippen LogP contribution in [0.1, 0.15) is 24.8 Å². The Morgan fingerprint density at radius 1 is 1.04 bits per heavy atom. The number of fused-ring (bicyclic) bond motifs is 1. The van der Waals surface area contributed by atoms with Gasteiger partial charge in [0.15, 0.2) is 0 Å². The van der Waals surface area contributed by atoms with Gasteiger partial charge in [0.05, 0.1) is 0 Å². The van der Waals surface area contributed by atoms with Crippen LogP contribution < -0.4 is 10.2 Å². The lowest BCUT2D eigenvalue weighted by Crippen LogP contribution is -2.30. The van der Waals surface area contributed by atoms with Gasteiger partial charge in [0, 0.05) is 31.2 Å². The molecule has 2 aromatic heterocycles. The van der Waals surface area contributed by atoms with Crippen molar-refractivity contribution in [3.05, 3.63) is 60.0 Å². The first-order valence-electron chi connectivity index (χ1n) is 9.41. The van der Waals surface area contributed by atoms with E-state index < -0.39 is 0 Å². The molecule has 1 saturated heterocycles. The monoisotopic (exact) mass is 366 g/mol. The zero-order valence-corrected chi connectivity index (χ0v) is 15.2. The van der Waals surface area contributed by atoms with E-state index in [1.165, 1.54) is 31.4 Å². The summed E-state index contributed by atoms with van der Waals surface area (Å²) in [6.07, 6.45) is 5.58. The summed E-state index contributed by atoms with van der Waals surface area (Å²) in [7, 11) is 0. The molecule has 5 nitrogen and oxygen atoms in total. The molecule has 6 heteroatoms. The second kappa shape index (κ2) is 7.78. The van der Waals surface area contributed by atoms with Gasteiger partial charge in [-0.15, -0.1) is 0 Å². The van der Waals surface area contributed by atoms with Crippen LogP contribution in [-0.2, 0) is 17.9 Å². The van der Waals surface area contributed by atoms with E-state index >= 15 is 0 Å². The van der Waals surface area contributed by atoms with Gasteiger partial charge in [-0.2, -0.15) is 0 Å². The maximum atomic E-state index is 13.0. The molecule has 0 unspecified atom stereocenters. The summed E-state index contributed by atoms with van der Waals surface area (Å²) >= 11 is 0. The topological polar surface area (TPSA) is 50.2 Å². The van der Waals surface area contributed by atoms with Gasteiger partial charge in [0.2, 0.25) is 5.91 Å². The number of hydrogen-bond acceptors (Lipinski definition) is 3. The lowest BCUT2D eigenvalue weighted by molar-refractivity contribution is -0.121. The zero-order valence-electron chi connectivity index (χ0n) is 15.2. The van der Waals surface area contributed by atoms with Gasteiger partial charge in [-0.25, -0.2) is 9.37 Å². The van der Waals surface area contributed by atoms with E-state index in [1.807, 2.05) is 16.8 Å². The Kier molecular flexibility index (Phi) is 5.05. The Labute approximate surface area is 157 Å². The van der Waals surface area contributed by atoms with Gasteiger partial charge in [-0.05, 0) is 55.2 Å². The molecule has 1 aliphatic rings. The summed E-state index contributed by atoms with van der Waals surface area (Å²) in [6, 6.07) is 12.3. The first-order valence-corrected chi connectivity index (χ1v) is 9.41. The third-order valence-corrected chi connectivity index (χ3v) is 4.99. The van der Waals surface area contributed by atoms with Crippen LogP contribution in [-0.4, -0.2) is 28.5 Å². The Hall–Kier alpha value is -2.89. The molecule has 1 amide bonds. The van der Waals surface area contributed by atoms with Gasteiger partial charge < -0.3 is 14.8 Å². The van der Waals surface area contributed by atoms with Gasteiger partial charge in [-0.3, -0.25) is 4.79 Å². The first kappa shape index (κ1) is 17.5. The van der Waals surface area contributed by atoms with Crippen LogP contribution in [0.2, 0.25) is 0 Å². The highest BCUT2D eigenvalue weighted by atomic mass is 19.1. The standard InChI is InChI=1S/C21H23FN4O/c22-18-7-4-16(5-8-18)14-23-20(27)15-26-13-10-17-6-9-19(24-21(17)26)25-11-2-1-3-12-25/h4-10,13H,1-3,11-12,14-15H2,(H,23,27). The molecule has 0 atom stereocenters. The number of carbonyl (C=O) groups excluding carboxylic acids is 1. The number of aromatic nitrogens is 2. The molecule has 0 saturated carbocycles. The summed E-state index contributed by atoms with van der Waals surface area (Å²) in [4.78, 5) is 19.5. The Bertz CT molecular complexity index is 929. The van der Waals surface area contributed by atoms with Crippen LogP contribution in [0, 0.1) is 5.82 Å². The van der Waals surface area contributed by atoms with Crippen LogP contribution >= 0.6 is 0 Å². The number of nitrogens with one attached hydrogen (secondary N) is 1. The molecule has 0 spiro atoms. The fourth-order valence-corrected chi connectivity index (χ4v) is 3.49. The number of benzene rings is 1. The molecular formula is C21H23FN4O. The lowest BCUT2D eigenvalue weighted by atomic mass is 10.1. The predicted molar refractivity (Wildman–Crippen MR) is 104 cm³/mol. The van der Waals surface area contributed by atoms with Crippen molar-refractivity contribution in [1.29, 1.82) is 0 Å². The molecular weight excluding hydrogens is 343 g/mol. The second-order valence-corrected chi connectivity index (χ2v) is 6.98. The van der Waals surface area contributed by atoms with Gasteiger partial charge >= 0.3 is 0 Å². The fourth-order valence-electron chi connectivity index (χ4n) is 3.49. The van der Waals surface area contributed by atoms with Crippen LogP contribution in [0.25, 0.3) is 11.0 Å². The van der Waals surface area contributed by atoms with Crippen molar-refractivity contribution in [3.8, 4) is 0 Å². The molecule has 27 heavy (non-hydrogen) atoms. The van der Waals surface area contributed by atoms with Gasteiger partial charge in [0.25, 0.3) is 0 Å². The zero-order chi connectivity index (χ0) is 18.6. The van der Waals surface area contributed by atoms with Crippen molar-refractivity contribution >= 4 is 22.8 Å². The van der Waals surface area contributed by atoms with E-state index in [4.69, 9.17) is 4.98 Å². The summed E-state index contributed by atoms with van der Waals surface area (Å²) in [5.74, 6) is 0.607. The number of anilines is 1. The minimum absolute atomic E-state index is 0.0954. The molecule has 0 aliphatic carbocycles. The van der Waals surface area contributed by atoms with Crippen molar-refractivity contribution in [2.75, 3.05) is 18.0 Å². The third kappa shape index (κ3) is 4.10. The highest BCUT2D eigenvalue weighted by molar-refractivity contribution is 5.82. The second-order valence-electron chi connectivity index (χ2n) is 6.98. The number of amides is 1. The maximum absolute atomic E-state index is 13.0. The van der Waals surface area contributed by atoms with Gasteiger partial charge in [-0.1, -0.05) is 12.1 Å². The van der Waals surface area contributed by atoms with E-state index in [0.29, 0.717) is 6.54 Å². The van der Waals surface area contributed by atoms with Crippen molar-refractivity contribution < 1.29 is 9.18 Å². The number of nitrogens with zero attached hydrogens (tertiary/aromatic N) is 3. The van der Waals surface area contributed by atoms with E-state index in [-0.39, 0.29) is 18.3 Å². The SMILES string of the molecule is O=C(Cn1ccc2ccc(N3CCCCC3)nc21)NCc1ccc(F)cc1. The first-order chi connectivity index (χ1) is 13.2. The highest BCUT2D eigenvalue weighted by Crippen LogP contribution is 2.22. The summed E-state index contributed by atoms with van der Waals surface area (Å²) in [5.41, 5.74) is 1.70. The predicted octanol–water partition coefficient (Wildman–Crippen LogP) is 3.48. The van der Waals surface area contributed by atoms with Crippen LogP contribution in [0.3, 0.4) is 0 Å². The molecule has 1 fully saturated rings. The minimum Gasteiger partial charge on any atom is -0.357 e. The van der Waals surface area contributed by atoms with Crippen LogP contribution in [0.5, 0.6) is 0 Å². The molecule has 3 heterocycles. The summed E-state index contributed by atoms with van der Waals surface area (Å²) in [6.45, 7) is 2.67. The molecule has 1 N–H and O–H groups in total. The average Bonchev–Trinajstić information content (AvgIpc) is 3.10. The normalized spacial score (nSPS) is 14.5. The van der Waals surface area contributed by atoms with E-state index in [2.05, 4.69) is 22.3 Å². The Morgan fingerprint density at radius 3 is 2.59 bits per heavy atom. The molecule has 4 rings (SSSR count). The van der Waals surface area contributed by atoms with E-state index in [9.17, 15) is 9.18 Å². The van der Waals surface area contributed by atoms with Crippen LogP contribution in [0.15, 0.2) is 48.7 Å². The number of pyridine rings is 1. The Morgan fingerprint density at radius 2 is 1.81 bits per heavy atom. The molecule has 1 aromatic carbocycles. The lowest BCUT2D eigenvalue weighted by Gasteiger charge is -2.27. The molecule has 1 aliphatic heterocycles. The number of halogens is 1. The van der Waals surface area contributed by atoms with Gasteiger partial charge in [0.1, 0.15) is 23.8 Å². The number of carbonyl (C=O) groups is 1. The van der Waals surface area contributed by atoms with Crippen molar-refractivity contribution in [3.63, 3.8) is 0 Å². The molecule has 0 radical (unpaired) electrons. The van der Waals surface area contributed by atoms with Crippen molar-refractivity contribution in [2.24, 2.45) is 0 Å². The van der Waals surface area contributed by atoms with Crippen molar-refractivity contribution in [1.82, 2.24) is 14.9 Å². The average molecular weight is 366 g/mol. The minimum atomic E-state index is -0.278. The highest BCUT2D eigenvalue weighted by Gasteiger charge is 2.14. The Balaban J connectivity index is 1.44. The van der Waals surface area contributed by atoms with E-state index in [1.54, 1.807) is 12.1 Å². The quantitative estimate of drug-likeness (QED) is 0.752. The maximum Gasteiger partial charge on any atom is 0.240 e. The largest absolute Gasteiger partial charge is 0.357 e. The number of hydrogen-bond donors (Lipinski definition) is 1. The third-order valence-electron chi connectivity index (χ3n) is 4.99. The molecule has 140 valence electrons. The van der Waals surface area contributed by atoms with E-state index in [0.717, 1.165) is 35.5 Å². The fraction of sp³-hybridized carbons (Fsp3) is 0.333. The molecule has 3 aromatic rings. The van der Waals surface area contributed by atoms with Crippen LogP contribution in [0.4, 0.5) is 10.2 Å².